The average Bonchev–Trinajstić information content (AvgIpc) is 2.11. The molecule has 1 N–H and O–H groups in total. The van der Waals surface area contributed by atoms with Crippen molar-refractivity contribution in [2.24, 2.45) is 34.5 Å². The van der Waals surface area contributed by atoms with Crippen LogP contribution in [0, 0.1) is 34.5 Å². The van der Waals surface area contributed by atoms with E-state index in [0.717, 1.165) is 5.92 Å². The van der Waals surface area contributed by atoms with Crippen LogP contribution in [0.4, 0.5) is 0 Å². The van der Waals surface area contributed by atoms with Crippen LogP contribution >= 0.6 is 0 Å². The molecule has 1 heteroatoms. The summed E-state index contributed by atoms with van der Waals surface area (Å²) in [7, 11) is 0. The standard InChI is InChI=1S/C18H36O/c1-12-13(18(8,9)19)10-11-14(16(2,3)4)15(12)17(5,6)7/h12-15,19H,10-11H2,1-9H3/t12?,13-,14?,15?/m0/s1. The summed E-state index contributed by atoms with van der Waals surface area (Å²) in [6.07, 6.45) is 2.42. The summed E-state index contributed by atoms with van der Waals surface area (Å²) >= 11 is 0. The highest BCUT2D eigenvalue weighted by Crippen LogP contribution is 2.55. The van der Waals surface area contributed by atoms with E-state index in [-0.39, 0.29) is 0 Å². The zero-order valence-corrected chi connectivity index (χ0v) is 14.7. The van der Waals surface area contributed by atoms with Crippen molar-refractivity contribution in [1.29, 1.82) is 0 Å². The Morgan fingerprint density at radius 3 is 1.47 bits per heavy atom. The number of aliphatic hydroxyl groups is 1. The van der Waals surface area contributed by atoms with E-state index < -0.39 is 5.60 Å². The maximum Gasteiger partial charge on any atom is 0.0622 e. The minimum absolute atomic E-state index is 0.307. The Bertz CT molecular complexity index is 297. The summed E-state index contributed by atoms with van der Waals surface area (Å²) in [5.41, 5.74) is 0.115. The van der Waals surface area contributed by atoms with Gasteiger partial charge in [-0.3, -0.25) is 0 Å². The Hall–Kier alpha value is -0.0400. The quantitative estimate of drug-likeness (QED) is 0.699. The predicted octanol–water partition coefficient (Wildman–Crippen LogP) is 5.13. The van der Waals surface area contributed by atoms with E-state index in [0.29, 0.717) is 28.6 Å². The molecule has 1 aliphatic rings. The molecule has 1 aliphatic carbocycles. The van der Waals surface area contributed by atoms with Crippen LogP contribution in [0.1, 0.15) is 75.2 Å². The molecule has 3 unspecified atom stereocenters. The van der Waals surface area contributed by atoms with E-state index >= 15 is 0 Å². The van der Waals surface area contributed by atoms with Crippen molar-refractivity contribution in [1.82, 2.24) is 0 Å². The van der Waals surface area contributed by atoms with E-state index in [1.807, 2.05) is 13.8 Å². The topological polar surface area (TPSA) is 20.2 Å². The van der Waals surface area contributed by atoms with Crippen molar-refractivity contribution in [3.63, 3.8) is 0 Å². The molecular weight excluding hydrogens is 232 g/mol. The van der Waals surface area contributed by atoms with Gasteiger partial charge < -0.3 is 5.11 Å². The summed E-state index contributed by atoms with van der Waals surface area (Å²) in [6.45, 7) is 20.6. The molecular formula is C18H36O. The molecule has 0 aromatic rings. The van der Waals surface area contributed by atoms with Crippen molar-refractivity contribution in [2.45, 2.75) is 80.8 Å². The zero-order chi connectivity index (χ0) is 15.2. The lowest BCUT2D eigenvalue weighted by Crippen LogP contribution is -2.50. The molecule has 0 spiro atoms. The molecule has 1 nitrogen and oxygen atoms in total. The third kappa shape index (κ3) is 3.74. The largest absolute Gasteiger partial charge is 0.390 e. The Kier molecular flexibility index (Phi) is 4.53. The Balaban J connectivity index is 3.12. The molecule has 0 amide bonds. The highest BCUT2D eigenvalue weighted by atomic mass is 16.3. The molecule has 0 aliphatic heterocycles. The van der Waals surface area contributed by atoms with Crippen molar-refractivity contribution >= 4 is 0 Å². The molecule has 19 heavy (non-hydrogen) atoms. The maximum atomic E-state index is 10.5. The highest BCUT2D eigenvalue weighted by molar-refractivity contribution is 4.98. The van der Waals surface area contributed by atoms with Crippen LogP contribution in [0.5, 0.6) is 0 Å². The number of hydrogen-bond donors (Lipinski definition) is 1. The highest BCUT2D eigenvalue weighted by Gasteiger charge is 2.49. The number of rotatable bonds is 1. The summed E-state index contributed by atoms with van der Waals surface area (Å²) in [4.78, 5) is 0. The summed E-state index contributed by atoms with van der Waals surface area (Å²) in [5, 5.41) is 10.5. The first-order valence-electron chi connectivity index (χ1n) is 7.98. The molecule has 114 valence electrons. The van der Waals surface area contributed by atoms with Crippen LogP contribution in [0.3, 0.4) is 0 Å². The maximum absolute atomic E-state index is 10.5. The SMILES string of the molecule is CC1C(C(C)(C)C)C(C(C)(C)C)CC[C@@H]1C(C)(C)O. The lowest BCUT2D eigenvalue weighted by atomic mass is 9.51. The van der Waals surface area contributed by atoms with Crippen LogP contribution in [-0.4, -0.2) is 10.7 Å². The monoisotopic (exact) mass is 268 g/mol. The van der Waals surface area contributed by atoms with Gasteiger partial charge in [-0.15, -0.1) is 0 Å². The van der Waals surface area contributed by atoms with Crippen molar-refractivity contribution < 1.29 is 5.11 Å². The summed E-state index contributed by atoms with van der Waals surface area (Å²) < 4.78 is 0. The van der Waals surface area contributed by atoms with Crippen LogP contribution < -0.4 is 0 Å². The first-order valence-corrected chi connectivity index (χ1v) is 7.98. The Morgan fingerprint density at radius 1 is 0.737 bits per heavy atom. The van der Waals surface area contributed by atoms with E-state index in [4.69, 9.17) is 0 Å². The second kappa shape index (κ2) is 5.06. The molecule has 0 aromatic heterocycles. The molecule has 0 bridgehead atoms. The Labute approximate surface area is 121 Å². The van der Waals surface area contributed by atoms with Gasteiger partial charge >= 0.3 is 0 Å². The van der Waals surface area contributed by atoms with E-state index in [1.54, 1.807) is 0 Å². The molecule has 4 atom stereocenters. The van der Waals surface area contributed by atoms with Gasteiger partial charge in [-0.05, 0) is 61.2 Å². The first-order chi connectivity index (χ1) is 8.26. The summed E-state index contributed by atoms with van der Waals surface area (Å²) in [6, 6.07) is 0. The molecule has 0 radical (unpaired) electrons. The summed E-state index contributed by atoms with van der Waals surface area (Å²) in [5.74, 6) is 2.44. The lowest BCUT2D eigenvalue weighted by molar-refractivity contribution is -0.0990. The molecule has 1 rings (SSSR count). The third-order valence-corrected chi connectivity index (χ3v) is 5.44. The second-order valence-corrected chi connectivity index (χ2v) is 9.56. The zero-order valence-electron chi connectivity index (χ0n) is 14.7. The van der Waals surface area contributed by atoms with Gasteiger partial charge in [0.1, 0.15) is 0 Å². The van der Waals surface area contributed by atoms with Crippen LogP contribution in [-0.2, 0) is 0 Å². The van der Waals surface area contributed by atoms with E-state index in [1.165, 1.54) is 12.8 Å². The number of hydrogen-bond acceptors (Lipinski definition) is 1. The van der Waals surface area contributed by atoms with Crippen molar-refractivity contribution in [3.8, 4) is 0 Å². The van der Waals surface area contributed by atoms with Gasteiger partial charge in [0.2, 0.25) is 0 Å². The van der Waals surface area contributed by atoms with E-state index in [2.05, 4.69) is 48.5 Å². The fraction of sp³-hybridized carbons (Fsp3) is 1.00. The van der Waals surface area contributed by atoms with Gasteiger partial charge in [0.15, 0.2) is 0 Å². The van der Waals surface area contributed by atoms with E-state index in [9.17, 15) is 5.11 Å². The van der Waals surface area contributed by atoms with Gasteiger partial charge in [0.25, 0.3) is 0 Å². The van der Waals surface area contributed by atoms with Gasteiger partial charge in [-0.1, -0.05) is 48.5 Å². The fourth-order valence-corrected chi connectivity index (χ4v) is 4.78. The average molecular weight is 268 g/mol. The molecule has 0 saturated heterocycles. The van der Waals surface area contributed by atoms with Gasteiger partial charge in [-0.25, -0.2) is 0 Å². The van der Waals surface area contributed by atoms with Gasteiger partial charge in [0.05, 0.1) is 5.60 Å². The van der Waals surface area contributed by atoms with Crippen molar-refractivity contribution in [2.75, 3.05) is 0 Å². The molecule has 0 heterocycles. The van der Waals surface area contributed by atoms with Crippen LogP contribution in [0.25, 0.3) is 0 Å². The van der Waals surface area contributed by atoms with Crippen LogP contribution in [0.2, 0.25) is 0 Å². The lowest BCUT2D eigenvalue weighted by Gasteiger charge is -2.54. The minimum atomic E-state index is -0.550. The van der Waals surface area contributed by atoms with Crippen molar-refractivity contribution in [3.05, 3.63) is 0 Å². The smallest absolute Gasteiger partial charge is 0.0622 e. The van der Waals surface area contributed by atoms with Gasteiger partial charge in [-0.2, -0.15) is 0 Å². The molecule has 1 fully saturated rings. The van der Waals surface area contributed by atoms with Gasteiger partial charge in [0, 0.05) is 0 Å². The third-order valence-electron chi connectivity index (χ3n) is 5.44. The first kappa shape index (κ1) is 17.0. The Morgan fingerprint density at radius 2 is 1.16 bits per heavy atom. The molecule has 0 aromatic carbocycles. The normalized spacial score (nSPS) is 34.4. The minimum Gasteiger partial charge on any atom is -0.390 e. The second-order valence-electron chi connectivity index (χ2n) is 9.56. The predicted molar refractivity (Wildman–Crippen MR) is 84.1 cm³/mol. The van der Waals surface area contributed by atoms with Crippen LogP contribution in [0.15, 0.2) is 0 Å². The molecule has 1 saturated carbocycles. The fourth-order valence-electron chi connectivity index (χ4n) is 4.78.